The number of aliphatic imine (C=N–C) groups is 1. The first-order valence-corrected chi connectivity index (χ1v) is 12.6. The Morgan fingerprint density at radius 2 is 1.81 bits per heavy atom. The van der Waals surface area contributed by atoms with Gasteiger partial charge in [-0.1, -0.05) is 6.07 Å². The van der Waals surface area contributed by atoms with Crippen LogP contribution in [0, 0.1) is 10.1 Å². The lowest BCUT2D eigenvalue weighted by molar-refractivity contribution is -0.384. The summed E-state index contributed by atoms with van der Waals surface area (Å²) in [5, 5.41) is 11.3. The van der Waals surface area contributed by atoms with Gasteiger partial charge >= 0.3 is 6.01 Å². The van der Waals surface area contributed by atoms with Crippen molar-refractivity contribution in [2.75, 3.05) is 70.7 Å². The molecule has 2 fully saturated rings. The molecule has 3 aliphatic rings. The van der Waals surface area contributed by atoms with E-state index >= 15 is 0 Å². The fourth-order valence-corrected chi connectivity index (χ4v) is 4.74. The van der Waals surface area contributed by atoms with Crippen molar-refractivity contribution in [2.24, 2.45) is 4.99 Å². The van der Waals surface area contributed by atoms with E-state index in [-0.39, 0.29) is 10.6 Å². The van der Waals surface area contributed by atoms with Crippen LogP contribution in [0.4, 0.5) is 11.5 Å². The van der Waals surface area contributed by atoms with Crippen molar-refractivity contribution in [3.63, 3.8) is 0 Å². The van der Waals surface area contributed by atoms with E-state index in [0.29, 0.717) is 32.4 Å². The number of fused-ring (bicyclic) bond motifs is 1. The minimum absolute atomic E-state index is 0.0935. The second-order valence-corrected chi connectivity index (χ2v) is 9.12. The van der Waals surface area contributed by atoms with Crippen LogP contribution in [0.5, 0.6) is 6.01 Å². The minimum atomic E-state index is -0.355. The second-order valence-electron chi connectivity index (χ2n) is 9.12. The number of nitrogens with zero attached hydrogens (tertiary/aromatic N) is 6. The standard InChI is InChI=1S/C25H32N6O5/c32-31(33)21-5-4-19-2-1-3-23(22(19)17-21)26-18-20-16-24(30-9-13-35-14-10-30)28-25(27-20)36-15-8-29-6-11-34-12-7-29/h4-5,16-17H,1-3,6-15,18H2. The van der Waals surface area contributed by atoms with E-state index in [4.69, 9.17) is 19.2 Å². The number of hydrogen-bond donors (Lipinski definition) is 0. The molecule has 0 amide bonds. The SMILES string of the molecule is O=[N+]([O-])c1ccc2c(c1)C(=NCc1cc(N3CCOCC3)nc(OCCN3CCOCC3)n1)CCC2. The lowest BCUT2D eigenvalue weighted by Crippen LogP contribution is -2.39. The van der Waals surface area contributed by atoms with Crippen LogP contribution >= 0.6 is 0 Å². The molecule has 1 aliphatic carbocycles. The average molecular weight is 497 g/mol. The molecule has 192 valence electrons. The van der Waals surface area contributed by atoms with Gasteiger partial charge in [0.1, 0.15) is 12.4 Å². The van der Waals surface area contributed by atoms with Crippen molar-refractivity contribution in [3.05, 3.63) is 51.2 Å². The Balaban J connectivity index is 1.34. The Morgan fingerprint density at radius 1 is 1.03 bits per heavy atom. The third kappa shape index (κ3) is 6.15. The van der Waals surface area contributed by atoms with Crippen molar-refractivity contribution in [1.82, 2.24) is 14.9 Å². The third-order valence-corrected chi connectivity index (χ3v) is 6.73. The molecule has 2 saturated heterocycles. The number of anilines is 1. The quantitative estimate of drug-likeness (QED) is 0.401. The molecule has 0 radical (unpaired) electrons. The number of benzene rings is 1. The first kappa shape index (κ1) is 24.5. The van der Waals surface area contributed by atoms with Crippen molar-refractivity contribution in [3.8, 4) is 6.01 Å². The van der Waals surface area contributed by atoms with Gasteiger partial charge in [0.05, 0.1) is 43.6 Å². The Bertz CT molecular complexity index is 1100. The van der Waals surface area contributed by atoms with Gasteiger partial charge < -0.3 is 19.1 Å². The lowest BCUT2D eigenvalue weighted by atomic mass is 9.89. The smallest absolute Gasteiger partial charge is 0.318 e. The minimum Gasteiger partial charge on any atom is -0.462 e. The molecule has 11 nitrogen and oxygen atoms in total. The first-order chi connectivity index (χ1) is 17.7. The number of aryl methyl sites for hydroxylation is 1. The van der Waals surface area contributed by atoms with Crippen LogP contribution in [-0.4, -0.2) is 91.3 Å². The molecule has 2 aliphatic heterocycles. The molecule has 5 rings (SSSR count). The molecule has 1 aromatic heterocycles. The number of non-ortho nitro benzene ring substituents is 1. The lowest BCUT2D eigenvalue weighted by Gasteiger charge is -2.28. The zero-order valence-corrected chi connectivity index (χ0v) is 20.4. The fraction of sp³-hybridized carbons (Fsp3) is 0.560. The monoisotopic (exact) mass is 496 g/mol. The van der Waals surface area contributed by atoms with E-state index in [1.807, 2.05) is 12.1 Å². The molecule has 1 aromatic carbocycles. The third-order valence-electron chi connectivity index (χ3n) is 6.73. The van der Waals surface area contributed by atoms with Crippen LogP contribution in [0.15, 0.2) is 29.3 Å². The fourth-order valence-electron chi connectivity index (χ4n) is 4.74. The molecule has 0 atom stereocenters. The summed E-state index contributed by atoms with van der Waals surface area (Å²) in [5.74, 6) is 0.810. The predicted molar refractivity (Wildman–Crippen MR) is 134 cm³/mol. The maximum Gasteiger partial charge on any atom is 0.318 e. The number of hydrogen-bond acceptors (Lipinski definition) is 10. The van der Waals surface area contributed by atoms with Crippen molar-refractivity contribution in [1.29, 1.82) is 0 Å². The van der Waals surface area contributed by atoms with Gasteiger partial charge in [0.2, 0.25) is 0 Å². The Morgan fingerprint density at radius 3 is 2.58 bits per heavy atom. The van der Waals surface area contributed by atoms with Gasteiger partial charge in [-0.05, 0) is 24.8 Å². The molecule has 36 heavy (non-hydrogen) atoms. The summed E-state index contributed by atoms with van der Waals surface area (Å²) >= 11 is 0. The number of aromatic nitrogens is 2. The van der Waals surface area contributed by atoms with Crippen LogP contribution in [0.3, 0.4) is 0 Å². The summed E-state index contributed by atoms with van der Waals surface area (Å²) in [7, 11) is 0. The van der Waals surface area contributed by atoms with E-state index < -0.39 is 0 Å². The molecule has 3 heterocycles. The van der Waals surface area contributed by atoms with Gasteiger partial charge in [-0.3, -0.25) is 20.0 Å². The Kier molecular flexibility index (Phi) is 7.99. The Labute approximate surface area is 210 Å². The highest BCUT2D eigenvalue weighted by Crippen LogP contribution is 2.27. The number of nitro groups is 1. The molecule has 0 unspecified atom stereocenters. The number of ether oxygens (including phenoxy) is 3. The topological polar surface area (TPSA) is 115 Å². The number of morpholine rings is 2. The van der Waals surface area contributed by atoms with Crippen molar-refractivity contribution in [2.45, 2.75) is 25.8 Å². The van der Waals surface area contributed by atoms with E-state index in [2.05, 4.69) is 19.8 Å². The highest BCUT2D eigenvalue weighted by atomic mass is 16.6. The van der Waals surface area contributed by atoms with Gasteiger partial charge in [0.15, 0.2) is 0 Å². The van der Waals surface area contributed by atoms with Crippen LogP contribution in [0.1, 0.15) is 29.7 Å². The van der Waals surface area contributed by atoms with Crippen molar-refractivity contribution >= 4 is 17.2 Å². The summed E-state index contributed by atoms with van der Waals surface area (Å²) in [6, 6.07) is 7.38. The van der Waals surface area contributed by atoms with E-state index in [1.165, 1.54) is 0 Å². The van der Waals surface area contributed by atoms with Crippen LogP contribution in [-0.2, 0) is 22.4 Å². The molecular weight excluding hydrogens is 464 g/mol. The summed E-state index contributed by atoms with van der Waals surface area (Å²) in [6.07, 6.45) is 2.67. The molecule has 0 N–H and O–H groups in total. The van der Waals surface area contributed by atoms with Gasteiger partial charge in [0, 0.05) is 62.2 Å². The highest BCUT2D eigenvalue weighted by Gasteiger charge is 2.20. The number of nitro benzene ring substituents is 1. The first-order valence-electron chi connectivity index (χ1n) is 12.6. The van der Waals surface area contributed by atoms with E-state index in [1.54, 1.807) is 12.1 Å². The van der Waals surface area contributed by atoms with Gasteiger partial charge in [-0.2, -0.15) is 9.97 Å². The Hall–Kier alpha value is -3.15. The molecule has 0 bridgehead atoms. The van der Waals surface area contributed by atoms with E-state index in [9.17, 15) is 10.1 Å². The number of rotatable bonds is 8. The zero-order chi connectivity index (χ0) is 24.7. The summed E-state index contributed by atoms with van der Waals surface area (Å²) in [6.45, 7) is 7.79. The maximum atomic E-state index is 11.3. The normalized spacial score (nSPS) is 19.8. The zero-order valence-electron chi connectivity index (χ0n) is 20.4. The summed E-state index contributed by atoms with van der Waals surface area (Å²) in [5.41, 5.74) is 3.73. The highest BCUT2D eigenvalue weighted by molar-refractivity contribution is 6.03. The van der Waals surface area contributed by atoms with Gasteiger partial charge in [0.25, 0.3) is 5.69 Å². The molecular formula is C25H32N6O5. The molecule has 11 heteroatoms. The summed E-state index contributed by atoms with van der Waals surface area (Å²) < 4.78 is 16.9. The van der Waals surface area contributed by atoms with Crippen LogP contribution in [0.2, 0.25) is 0 Å². The van der Waals surface area contributed by atoms with Gasteiger partial charge in [-0.25, -0.2) is 0 Å². The van der Waals surface area contributed by atoms with E-state index in [0.717, 1.165) is 93.6 Å². The van der Waals surface area contributed by atoms with Crippen LogP contribution in [0.25, 0.3) is 0 Å². The molecule has 0 spiro atoms. The van der Waals surface area contributed by atoms with Gasteiger partial charge in [-0.15, -0.1) is 0 Å². The molecule has 2 aromatic rings. The maximum absolute atomic E-state index is 11.3. The predicted octanol–water partition coefficient (Wildman–Crippen LogP) is 2.26. The van der Waals surface area contributed by atoms with Crippen LogP contribution < -0.4 is 9.64 Å². The summed E-state index contributed by atoms with van der Waals surface area (Å²) in [4.78, 5) is 29.6. The second kappa shape index (κ2) is 11.7. The molecule has 0 saturated carbocycles. The average Bonchev–Trinajstić information content (AvgIpc) is 2.92. The largest absolute Gasteiger partial charge is 0.462 e. The van der Waals surface area contributed by atoms with Crippen molar-refractivity contribution < 1.29 is 19.1 Å².